The van der Waals surface area contributed by atoms with E-state index in [0.29, 0.717) is 11.1 Å². The van der Waals surface area contributed by atoms with Crippen molar-refractivity contribution in [2.24, 2.45) is 0 Å². The van der Waals surface area contributed by atoms with Crippen LogP contribution in [-0.4, -0.2) is 0 Å². The maximum atomic E-state index is 13.6. The average Bonchev–Trinajstić information content (AvgIpc) is 2.41. The molecule has 18 heavy (non-hydrogen) atoms. The number of hydrogen-bond acceptors (Lipinski definition) is 0. The van der Waals surface area contributed by atoms with Gasteiger partial charge in [-0.15, -0.1) is 0 Å². The maximum absolute atomic E-state index is 13.6. The number of benzene rings is 2. The van der Waals surface area contributed by atoms with Gasteiger partial charge < -0.3 is 0 Å². The molecule has 0 unspecified atom stereocenters. The first kappa shape index (κ1) is 12.2. The monoisotopic (exact) mass is 242 g/mol. The summed E-state index contributed by atoms with van der Waals surface area (Å²) in [4.78, 5) is 0. The second-order valence-corrected chi connectivity index (χ2v) is 3.81. The standard InChI is InChI=1S/C16H12F2/c17-15(11-13-7-3-1-4-8-13)16(18)12-14-9-5-2-6-10-14/h1-12H/b15-11-,16-12+. The van der Waals surface area contributed by atoms with Crippen molar-refractivity contribution in [2.75, 3.05) is 0 Å². The third-order valence-electron chi connectivity index (χ3n) is 2.41. The van der Waals surface area contributed by atoms with Crippen LogP contribution in [0.4, 0.5) is 8.78 Å². The molecule has 0 saturated carbocycles. The number of rotatable bonds is 3. The van der Waals surface area contributed by atoms with Gasteiger partial charge in [-0.3, -0.25) is 0 Å². The van der Waals surface area contributed by atoms with E-state index in [2.05, 4.69) is 0 Å². The summed E-state index contributed by atoms with van der Waals surface area (Å²) < 4.78 is 27.2. The summed E-state index contributed by atoms with van der Waals surface area (Å²) in [5.41, 5.74) is 1.26. The minimum absolute atomic E-state index is 0.631. The average molecular weight is 242 g/mol. The molecule has 0 amide bonds. The zero-order chi connectivity index (χ0) is 12.8. The fourth-order valence-corrected chi connectivity index (χ4v) is 1.53. The van der Waals surface area contributed by atoms with Gasteiger partial charge in [0.1, 0.15) is 0 Å². The van der Waals surface area contributed by atoms with Crippen LogP contribution in [0.25, 0.3) is 12.2 Å². The Kier molecular flexibility index (Phi) is 4.02. The molecule has 0 aliphatic carbocycles. The maximum Gasteiger partial charge on any atom is 0.159 e. The van der Waals surface area contributed by atoms with Crippen LogP contribution < -0.4 is 0 Å². The van der Waals surface area contributed by atoms with E-state index in [1.807, 2.05) is 12.1 Å². The van der Waals surface area contributed by atoms with Crippen molar-refractivity contribution in [1.29, 1.82) is 0 Å². The van der Waals surface area contributed by atoms with Gasteiger partial charge in [-0.25, -0.2) is 8.78 Å². The highest BCUT2D eigenvalue weighted by atomic mass is 19.2. The topological polar surface area (TPSA) is 0 Å². The van der Waals surface area contributed by atoms with Crippen molar-refractivity contribution >= 4 is 12.2 Å². The fraction of sp³-hybridized carbons (Fsp3) is 0. The first-order valence-electron chi connectivity index (χ1n) is 5.60. The van der Waals surface area contributed by atoms with Crippen molar-refractivity contribution in [3.63, 3.8) is 0 Å². The highest BCUT2D eigenvalue weighted by Gasteiger charge is 2.03. The normalized spacial score (nSPS) is 12.6. The Bertz CT molecular complexity index is 501. The second kappa shape index (κ2) is 5.92. The summed E-state index contributed by atoms with van der Waals surface area (Å²) in [6, 6.07) is 17.6. The minimum atomic E-state index is -0.870. The molecule has 90 valence electrons. The molecule has 2 aromatic carbocycles. The van der Waals surface area contributed by atoms with E-state index in [-0.39, 0.29) is 0 Å². The Balaban J connectivity index is 2.21. The minimum Gasteiger partial charge on any atom is -0.204 e. The van der Waals surface area contributed by atoms with Crippen LogP contribution in [0.1, 0.15) is 11.1 Å². The third kappa shape index (κ3) is 3.39. The zero-order valence-corrected chi connectivity index (χ0v) is 9.68. The Morgan fingerprint density at radius 2 is 0.944 bits per heavy atom. The summed E-state index contributed by atoms with van der Waals surface area (Å²) in [6.45, 7) is 0. The van der Waals surface area contributed by atoms with E-state index in [9.17, 15) is 8.78 Å². The van der Waals surface area contributed by atoms with Gasteiger partial charge in [0.05, 0.1) is 0 Å². The molecular weight excluding hydrogens is 230 g/mol. The summed E-state index contributed by atoms with van der Waals surface area (Å²) >= 11 is 0. The Labute approximate surface area is 105 Å². The molecule has 0 aliphatic rings. The number of hydrogen-bond donors (Lipinski definition) is 0. The van der Waals surface area contributed by atoms with Gasteiger partial charge in [0, 0.05) is 0 Å². The SMILES string of the molecule is FC(=C\c1ccccc1)/C(F)=C\c1ccccc1. The lowest BCUT2D eigenvalue weighted by molar-refractivity contribution is 0.555. The van der Waals surface area contributed by atoms with Gasteiger partial charge >= 0.3 is 0 Å². The highest BCUT2D eigenvalue weighted by Crippen LogP contribution is 2.20. The van der Waals surface area contributed by atoms with Crippen molar-refractivity contribution in [3.05, 3.63) is 83.4 Å². The molecule has 2 aromatic rings. The molecule has 0 aliphatic heterocycles. The zero-order valence-electron chi connectivity index (χ0n) is 9.68. The number of halogens is 2. The fourth-order valence-electron chi connectivity index (χ4n) is 1.53. The molecule has 0 saturated heterocycles. The van der Waals surface area contributed by atoms with Gasteiger partial charge in [0.15, 0.2) is 11.7 Å². The molecule has 0 fully saturated rings. The molecule has 0 bridgehead atoms. The molecule has 0 N–H and O–H groups in total. The van der Waals surface area contributed by atoms with Gasteiger partial charge in [0.2, 0.25) is 0 Å². The number of allylic oxidation sites excluding steroid dienone is 2. The predicted molar refractivity (Wildman–Crippen MR) is 71.1 cm³/mol. The third-order valence-corrected chi connectivity index (χ3v) is 2.41. The van der Waals surface area contributed by atoms with Crippen LogP contribution in [-0.2, 0) is 0 Å². The highest BCUT2D eigenvalue weighted by molar-refractivity contribution is 5.61. The van der Waals surface area contributed by atoms with E-state index in [4.69, 9.17) is 0 Å². The lowest BCUT2D eigenvalue weighted by Crippen LogP contribution is -1.78. The largest absolute Gasteiger partial charge is 0.204 e. The van der Waals surface area contributed by atoms with E-state index in [1.54, 1.807) is 48.5 Å². The van der Waals surface area contributed by atoms with Crippen molar-refractivity contribution < 1.29 is 8.78 Å². The smallest absolute Gasteiger partial charge is 0.159 e. The van der Waals surface area contributed by atoms with Gasteiger partial charge in [-0.05, 0) is 23.3 Å². The Morgan fingerprint density at radius 1 is 0.611 bits per heavy atom. The summed E-state index contributed by atoms with van der Waals surface area (Å²) in [5.74, 6) is -1.74. The Morgan fingerprint density at radius 3 is 1.28 bits per heavy atom. The molecule has 0 spiro atoms. The van der Waals surface area contributed by atoms with Crippen LogP contribution >= 0.6 is 0 Å². The predicted octanol–water partition coefficient (Wildman–Crippen LogP) is 5.01. The van der Waals surface area contributed by atoms with Crippen LogP contribution in [0.5, 0.6) is 0 Å². The molecule has 0 heterocycles. The lowest BCUT2D eigenvalue weighted by atomic mass is 10.1. The van der Waals surface area contributed by atoms with Crippen molar-refractivity contribution in [3.8, 4) is 0 Å². The summed E-state index contributed by atoms with van der Waals surface area (Å²) in [7, 11) is 0. The van der Waals surface area contributed by atoms with E-state index in [1.165, 1.54) is 12.2 Å². The molecule has 0 nitrogen and oxygen atoms in total. The van der Waals surface area contributed by atoms with Crippen LogP contribution in [0.2, 0.25) is 0 Å². The molecule has 2 heteroatoms. The van der Waals surface area contributed by atoms with Crippen LogP contribution in [0.3, 0.4) is 0 Å². The summed E-state index contributed by atoms with van der Waals surface area (Å²) in [6.07, 6.45) is 2.35. The van der Waals surface area contributed by atoms with Gasteiger partial charge in [-0.1, -0.05) is 60.7 Å². The van der Waals surface area contributed by atoms with E-state index < -0.39 is 11.7 Å². The van der Waals surface area contributed by atoms with E-state index in [0.717, 1.165) is 0 Å². The van der Waals surface area contributed by atoms with Crippen LogP contribution in [0.15, 0.2) is 72.3 Å². The molecule has 2 rings (SSSR count). The van der Waals surface area contributed by atoms with Crippen molar-refractivity contribution in [1.82, 2.24) is 0 Å². The van der Waals surface area contributed by atoms with Gasteiger partial charge in [-0.2, -0.15) is 0 Å². The molecule has 0 radical (unpaired) electrons. The first-order chi connectivity index (χ1) is 8.75. The van der Waals surface area contributed by atoms with Crippen LogP contribution in [0, 0.1) is 0 Å². The Hall–Kier alpha value is -2.22. The molecular formula is C16H12F2. The summed E-state index contributed by atoms with van der Waals surface area (Å²) in [5, 5.41) is 0. The quantitative estimate of drug-likeness (QED) is 0.664. The van der Waals surface area contributed by atoms with E-state index >= 15 is 0 Å². The first-order valence-corrected chi connectivity index (χ1v) is 5.60. The second-order valence-electron chi connectivity index (χ2n) is 3.81. The molecule has 0 atom stereocenters. The molecule has 0 aromatic heterocycles. The lowest BCUT2D eigenvalue weighted by Gasteiger charge is -1.96. The van der Waals surface area contributed by atoms with Crippen molar-refractivity contribution in [2.45, 2.75) is 0 Å². The van der Waals surface area contributed by atoms with Gasteiger partial charge in [0.25, 0.3) is 0 Å².